The number of hydrogen-bond donors (Lipinski definition) is 1. The fourth-order valence-corrected chi connectivity index (χ4v) is 2.12. The third-order valence-electron chi connectivity index (χ3n) is 3.50. The number of hydrogen-bond acceptors (Lipinski definition) is 6. The fraction of sp³-hybridized carbons (Fsp3) is 0.211. The number of esters is 1. The molecule has 1 N–H and O–H groups in total. The van der Waals surface area contributed by atoms with Gasteiger partial charge in [0, 0.05) is 11.8 Å². The van der Waals surface area contributed by atoms with Gasteiger partial charge >= 0.3 is 5.97 Å². The van der Waals surface area contributed by atoms with Crippen LogP contribution in [0.15, 0.2) is 42.5 Å². The molecule has 0 spiro atoms. The normalized spacial score (nSPS) is 11.0. The lowest BCUT2D eigenvalue weighted by Gasteiger charge is -2.14. The van der Waals surface area contributed by atoms with Gasteiger partial charge in [0.1, 0.15) is 11.5 Å². The van der Waals surface area contributed by atoms with Crippen LogP contribution in [0, 0.1) is 11.3 Å². The molecule has 0 radical (unpaired) electrons. The van der Waals surface area contributed by atoms with Gasteiger partial charge in [0.25, 0.3) is 5.91 Å². The molecule has 0 heterocycles. The molecule has 0 fully saturated rings. The average Bonchev–Trinajstić information content (AvgIpc) is 2.67. The van der Waals surface area contributed by atoms with E-state index in [1.165, 1.54) is 39.3 Å². The summed E-state index contributed by atoms with van der Waals surface area (Å²) in [7, 11) is 2.94. The van der Waals surface area contributed by atoms with Gasteiger partial charge < -0.3 is 19.5 Å². The van der Waals surface area contributed by atoms with E-state index in [4.69, 9.17) is 19.5 Å². The van der Waals surface area contributed by atoms with Crippen molar-refractivity contribution in [2.24, 2.45) is 0 Å². The lowest BCUT2D eigenvalue weighted by atomic mass is 10.2. The zero-order valence-corrected chi connectivity index (χ0v) is 14.6. The smallest absolute Gasteiger partial charge is 0.339 e. The Balaban J connectivity index is 2.06. The molecular formula is C19H18N2O5. The zero-order valence-electron chi connectivity index (χ0n) is 14.6. The van der Waals surface area contributed by atoms with Gasteiger partial charge in [-0.1, -0.05) is 6.07 Å². The lowest BCUT2D eigenvalue weighted by Crippen LogP contribution is -2.30. The Kier molecular flexibility index (Phi) is 6.17. The summed E-state index contributed by atoms with van der Waals surface area (Å²) in [6.45, 7) is 1.46. The number of anilines is 1. The van der Waals surface area contributed by atoms with Crippen molar-refractivity contribution in [3.8, 4) is 17.6 Å². The van der Waals surface area contributed by atoms with Crippen LogP contribution in [-0.4, -0.2) is 32.2 Å². The van der Waals surface area contributed by atoms with E-state index in [0.717, 1.165) is 0 Å². The number of ether oxygens (including phenoxy) is 3. The van der Waals surface area contributed by atoms with Crippen molar-refractivity contribution in [2.45, 2.75) is 13.0 Å². The average molecular weight is 354 g/mol. The predicted molar refractivity (Wildman–Crippen MR) is 94.2 cm³/mol. The third-order valence-corrected chi connectivity index (χ3v) is 3.50. The maximum Gasteiger partial charge on any atom is 0.339 e. The Morgan fingerprint density at radius 2 is 1.73 bits per heavy atom. The molecule has 7 heteroatoms. The second-order valence-corrected chi connectivity index (χ2v) is 5.33. The van der Waals surface area contributed by atoms with Crippen LogP contribution in [0.2, 0.25) is 0 Å². The Labute approximate surface area is 151 Å². The van der Waals surface area contributed by atoms with Gasteiger partial charge in [-0.05, 0) is 37.3 Å². The maximum atomic E-state index is 12.3. The van der Waals surface area contributed by atoms with Crippen molar-refractivity contribution in [2.75, 3.05) is 19.5 Å². The molecule has 1 atom stereocenters. The highest BCUT2D eigenvalue weighted by Gasteiger charge is 2.20. The van der Waals surface area contributed by atoms with E-state index < -0.39 is 18.0 Å². The van der Waals surface area contributed by atoms with Gasteiger partial charge in [-0.15, -0.1) is 0 Å². The van der Waals surface area contributed by atoms with Gasteiger partial charge in [-0.3, -0.25) is 4.79 Å². The highest BCUT2D eigenvalue weighted by molar-refractivity contribution is 5.97. The standard InChI is InChI=1S/C19H18N2O5/c1-12(18(22)21-15-6-4-5-13(7-15)11-20)26-19(23)14-8-16(24-2)10-17(9-14)25-3/h4-10,12H,1-3H3,(H,21,22)/t12-/m1/s1. The molecule has 0 unspecified atom stereocenters. The maximum absolute atomic E-state index is 12.3. The Hall–Kier alpha value is -3.53. The minimum atomic E-state index is -1.04. The quantitative estimate of drug-likeness (QED) is 0.801. The molecule has 26 heavy (non-hydrogen) atoms. The number of rotatable bonds is 6. The molecule has 1 amide bonds. The van der Waals surface area contributed by atoms with E-state index in [9.17, 15) is 9.59 Å². The number of nitrogens with one attached hydrogen (secondary N) is 1. The monoisotopic (exact) mass is 354 g/mol. The van der Waals surface area contributed by atoms with E-state index in [2.05, 4.69) is 5.32 Å². The Morgan fingerprint density at radius 3 is 2.31 bits per heavy atom. The summed E-state index contributed by atoms with van der Waals surface area (Å²) in [6.07, 6.45) is -1.04. The Bertz CT molecular complexity index is 835. The first-order chi connectivity index (χ1) is 12.5. The molecule has 0 saturated heterocycles. The first-order valence-corrected chi connectivity index (χ1v) is 7.72. The number of benzene rings is 2. The first kappa shape index (κ1) is 18.8. The van der Waals surface area contributed by atoms with Crippen molar-refractivity contribution in [3.63, 3.8) is 0 Å². The van der Waals surface area contributed by atoms with E-state index in [1.807, 2.05) is 6.07 Å². The van der Waals surface area contributed by atoms with Gasteiger partial charge in [0.15, 0.2) is 6.10 Å². The summed E-state index contributed by atoms with van der Waals surface area (Å²) in [5, 5.41) is 11.5. The first-order valence-electron chi connectivity index (χ1n) is 7.72. The molecule has 0 aliphatic carbocycles. The van der Waals surface area contributed by atoms with E-state index in [1.54, 1.807) is 24.3 Å². The molecular weight excluding hydrogens is 336 g/mol. The fourth-order valence-electron chi connectivity index (χ4n) is 2.12. The second kappa shape index (κ2) is 8.53. The Morgan fingerprint density at radius 1 is 1.08 bits per heavy atom. The number of nitrogens with zero attached hydrogens (tertiary/aromatic N) is 1. The number of nitriles is 1. The van der Waals surface area contributed by atoms with Crippen LogP contribution in [0.4, 0.5) is 5.69 Å². The number of methoxy groups -OCH3 is 2. The van der Waals surface area contributed by atoms with Crippen LogP contribution in [-0.2, 0) is 9.53 Å². The zero-order chi connectivity index (χ0) is 19.1. The predicted octanol–water partition coefficient (Wildman–Crippen LogP) is 2.76. The third kappa shape index (κ3) is 4.74. The molecule has 2 aromatic carbocycles. The number of carbonyl (C=O) groups excluding carboxylic acids is 2. The molecule has 2 rings (SSSR count). The van der Waals surface area contributed by atoms with E-state index in [0.29, 0.717) is 22.7 Å². The summed E-state index contributed by atoms with van der Waals surface area (Å²) in [4.78, 5) is 24.5. The summed E-state index contributed by atoms with van der Waals surface area (Å²) in [5.41, 5.74) is 1.06. The highest BCUT2D eigenvalue weighted by atomic mass is 16.5. The molecule has 134 valence electrons. The molecule has 0 aromatic heterocycles. The number of carbonyl (C=O) groups is 2. The lowest BCUT2D eigenvalue weighted by molar-refractivity contribution is -0.123. The van der Waals surface area contributed by atoms with Gasteiger partial charge in [-0.2, -0.15) is 5.26 Å². The topological polar surface area (TPSA) is 97.7 Å². The van der Waals surface area contributed by atoms with Crippen molar-refractivity contribution in [3.05, 3.63) is 53.6 Å². The van der Waals surface area contributed by atoms with Gasteiger partial charge in [0.2, 0.25) is 0 Å². The molecule has 0 aliphatic heterocycles. The van der Waals surface area contributed by atoms with Crippen molar-refractivity contribution in [1.82, 2.24) is 0 Å². The summed E-state index contributed by atoms with van der Waals surface area (Å²) >= 11 is 0. The minimum Gasteiger partial charge on any atom is -0.497 e. The molecule has 0 bridgehead atoms. The summed E-state index contributed by atoms with van der Waals surface area (Å²) in [6, 6.07) is 13.0. The van der Waals surface area contributed by atoms with Crippen LogP contribution in [0.5, 0.6) is 11.5 Å². The van der Waals surface area contributed by atoms with Crippen LogP contribution in [0.25, 0.3) is 0 Å². The molecule has 0 aliphatic rings. The van der Waals surface area contributed by atoms with Crippen LogP contribution in [0.3, 0.4) is 0 Å². The van der Waals surface area contributed by atoms with Crippen LogP contribution >= 0.6 is 0 Å². The summed E-state index contributed by atoms with van der Waals surface area (Å²) in [5.74, 6) is -0.331. The van der Waals surface area contributed by atoms with Crippen LogP contribution < -0.4 is 14.8 Å². The van der Waals surface area contributed by atoms with Gasteiger partial charge in [0.05, 0.1) is 31.4 Å². The second-order valence-electron chi connectivity index (χ2n) is 5.33. The van der Waals surface area contributed by atoms with Gasteiger partial charge in [-0.25, -0.2) is 4.79 Å². The van der Waals surface area contributed by atoms with E-state index >= 15 is 0 Å². The molecule has 7 nitrogen and oxygen atoms in total. The molecule has 0 saturated carbocycles. The van der Waals surface area contributed by atoms with Crippen molar-refractivity contribution < 1.29 is 23.8 Å². The van der Waals surface area contributed by atoms with Crippen LogP contribution in [0.1, 0.15) is 22.8 Å². The summed E-state index contributed by atoms with van der Waals surface area (Å²) < 4.78 is 15.4. The van der Waals surface area contributed by atoms with Crippen molar-refractivity contribution >= 4 is 17.6 Å². The van der Waals surface area contributed by atoms with Crippen molar-refractivity contribution in [1.29, 1.82) is 5.26 Å². The minimum absolute atomic E-state index is 0.201. The number of amides is 1. The largest absolute Gasteiger partial charge is 0.497 e. The highest BCUT2D eigenvalue weighted by Crippen LogP contribution is 2.23. The van der Waals surface area contributed by atoms with E-state index in [-0.39, 0.29) is 5.56 Å². The molecule has 2 aromatic rings. The SMILES string of the molecule is COc1cc(OC)cc(C(=O)O[C@H](C)C(=O)Nc2cccc(C#N)c2)c1.